The van der Waals surface area contributed by atoms with Crippen molar-refractivity contribution < 1.29 is 13.7 Å². The standard InChI is InChI=1S/C28H33Cl2N7O3S/c1-19(38)32-15-20-2-4-36(5-3-20)18-21-10-26(22-12-23(29)14-24(30)13-22)35-27(11-21)40-25-16-33-28(34-17-25)37-6-8-41(31,39)9-7-37/h10-14,16-17,20,31H,2-9,15,18H2,1H3,(H,32,38). The zero-order valence-electron chi connectivity index (χ0n) is 22.8. The summed E-state index contributed by atoms with van der Waals surface area (Å²) in [4.78, 5) is 29.2. The lowest BCUT2D eigenvalue weighted by Crippen LogP contribution is -2.40. The maximum Gasteiger partial charge on any atom is 0.225 e. The van der Waals surface area contributed by atoms with Gasteiger partial charge in [0.15, 0.2) is 5.75 Å². The van der Waals surface area contributed by atoms with Crippen LogP contribution >= 0.6 is 23.2 Å². The van der Waals surface area contributed by atoms with Crippen molar-refractivity contribution in [2.45, 2.75) is 26.3 Å². The Labute approximate surface area is 250 Å². The highest BCUT2D eigenvalue weighted by atomic mass is 35.5. The SMILES string of the molecule is CC(=O)NCC1CCN(Cc2cc(Oc3cnc(N4CCS(=N)(=O)CC4)nc3)nc(-c3cc(Cl)cc(Cl)c3)c2)CC1. The van der Waals surface area contributed by atoms with Crippen molar-refractivity contribution in [2.75, 3.05) is 49.1 Å². The molecule has 218 valence electrons. The molecule has 1 amide bonds. The highest BCUT2D eigenvalue weighted by Gasteiger charge is 2.22. The number of nitrogens with zero attached hydrogens (tertiary/aromatic N) is 5. The van der Waals surface area contributed by atoms with Crippen LogP contribution in [0.5, 0.6) is 11.6 Å². The molecule has 41 heavy (non-hydrogen) atoms. The van der Waals surface area contributed by atoms with Gasteiger partial charge in [0.05, 0.1) is 18.1 Å². The van der Waals surface area contributed by atoms with Gasteiger partial charge in [0.1, 0.15) is 0 Å². The molecule has 0 saturated carbocycles. The van der Waals surface area contributed by atoms with E-state index in [0.29, 0.717) is 63.8 Å². The maximum absolute atomic E-state index is 12.0. The van der Waals surface area contributed by atoms with Crippen LogP contribution in [0, 0.1) is 10.7 Å². The molecule has 0 spiro atoms. The zero-order chi connectivity index (χ0) is 29.0. The van der Waals surface area contributed by atoms with E-state index in [4.69, 9.17) is 37.7 Å². The predicted molar refractivity (Wildman–Crippen MR) is 161 cm³/mol. The summed E-state index contributed by atoms with van der Waals surface area (Å²) in [5.41, 5.74) is 2.50. The molecule has 0 radical (unpaired) electrons. The summed E-state index contributed by atoms with van der Waals surface area (Å²) in [7, 11) is -2.49. The normalized spacial score (nSPS) is 17.8. The fourth-order valence-corrected chi connectivity index (χ4v) is 6.78. The Balaban J connectivity index is 1.32. The molecule has 2 N–H and O–H groups in total. The number of anilines is 1. The average molecular weight is 619 g/mol. The Bertz CT molecular complexity index is 1460. The summed E-state index contributed by atoms with van der Waals surface area (Å²) in [6, 6.07) is 9.27. The molecule has 1 aromatic carbocycles. The third kappa shape index (κ3) is 8.28. The van der Waals surface area contributed by atoms with E-state index in [0.717, 1.165) is 50.1 Å². The number of carbonyl (C=O) groups excluding carboxylic acids is 1. The molecule has 0 unspecified atom stereocenters. The highest BCUT2D eigenvalue weighted by Crippen LogP contribution is 2.31. The second kappa shape index (κ2) is 12.9. The lowest BCUT2D eigenvalue weighted by molar-refractivity contribution is -0.119. The molecule has 4 heterocycles. The molecular weight excluding hydrogens is 585 g/mol. The van der Waals surface area contributed by atoms with Crippen LogP contribution in [0.3, 0.4) is 0 Å². The van der Waals surface area contributed by atoms with E-state index >= 15 is 0 Å². The third-order valence-electron chi connectivity index (χ3n) is 7.27. The summed E-state index contributed by atoms with van der Waals surface area (Å²) < 4.78 is 25.9. The Morgan fingerprint density at radius 2 is 1.71 bits per heavy atom. The minimum Gasteiger partial charge on any atom is -0.436 e. The van der Waals surface area contributed by atoms with Crippen LogP contribution in [0.25, 0.3) is 11.3 Å². The first-order valence-electron chi connectivity index (χ1n) is 13.6. The van der Waals surface area contributed by atoms with Crippen LogP contribution in [0.15, 0.2) is 42.7 Å². The molecule has 2 saturated heterocycles. The molecule has 10 nitrogen and oxygen atoms in total. The monoisotopic (exact) mass is 617 g/mol. The van der Waals surface area contributed by atoms with Crippen LogP contribution < -0.4 is 15.0 Å². The quantitative estimate of drug-likeness (QED) is 0.367. The van der Waals surface area contributed by atoms with Gasteiger partial charge in [-0.05, 0) is 61.7 Å². The number of likely N-dealkylation sites (tertiary alicyclic amines) is 1. The van der Waals surface area contributed by atoms with Crippen LogP contribution in [-0.2, 0) is 21.1 Å². The van der Waals surface area contributed by atoms with Gasteiger partial charge < -0.3 is 15.0 Å². The summed E-state index contributed by atoms with van der Waals surface area (Å²) in [6.07, 6.45) is 5.23. The van der Waals surface area contributed by atoms with Crippen LogP contribution in [0.1, 0.15) is 25.3 Å². The highest BCUT2D eigenvalue weighted by molar-refractivity contribution is 7.92. The van der Waals surface area contributed by atoms with Gasteiger partial charge in [0.25, 0.3) is 0 Å². The Kier molecular flexibility index (Phi) is 9.28. The number of hydrogen-bond donors (Lipinski definition) is 2. The number of rotatable bonds is 8. The molecule has 2 aromatic heterocycles. The molecule has 0 aliphatic carbocycles. The molecule has 5 rings (SSSR count). The number of amides is 1. The molecule has 2 aliphatic heterocycles. The van der Waals surface area contributed by atoms with Crippen molar-refractivity contribution in [2.24, 2.45) is 5.92 Å². The number of pyridine rings is 1. The van der Waals surface area contributed by atoms with E-state index in [1.807, 2.05) is 29.2 Å². The maximum atomic E-state index is 12.0. The number of nitrogens with one attached hydrogen (secondary N) is 2. The van der Waals surface area contributed by atoms with Crippen molar-refractivity contribution in [1.82, 2.24) is 25.2 Å². The average Bonchev–Trinajstić information content (AvgIpc) is 2.92. The molecule has 2 aliphatic rings. The largest absolute Gasteiger partial charge is 0.436 e. The van der Waals surface area contributed by atoms with E-state index in [2.05, 4.69) is 20.2 Å². The van der Waals surface area contributed by atoms with E-state index in [9.17, 15) is 9.00 Å². The van der Waals surface area contributed by atoms with Gasteiger partial charge in [-0.25, -0.2) is 19.2 Å². The number of benzene rings is 1. The Morgan fingerprint density at radius 3 is 2.34 bits per heavy atom. The molecule has 0 atom stereocenters. The van der Waals surface area contributed by atoms with Crippen molar-refractivity contribution >= 4 is 44.8 Å². The molecule has 0 bridgehead atoms. The van der Waals surface area contributed by atoms with Crippen molar-refractivity contribution in [3.8, 4) is 22.9 Å². The third-order valence-corrected chi connectivity index (χ3v) is 9.40. The van der Waals surface area contributed by atoms with E-state index in [1.165, 1.54) is 0 Å². The fourth-order valence-electron chi connectivity index (χ4n) is 5.02. The number of halogens is 2. The van der Waals surface area contributed by atoms with Crippen LogP contribution in [0.2, 0.25) is 10.0 Å². The smallest absolute Gasteiger partial charge is 0.225 e. The van der Waals surface area contributed by atoms with Crippen molar-refractivity contribution in [3.05, 3.63) is 58.3 Å². The zero-order valence-corrected chi connectivity index (χ0v) is 25.1. The number of piperidine rings is 1. The first-order chi connectivity index (χ1) is 19.6. The fraction of sp³-hybridized carbons (Fsp3) is 0.429. The van der Waals surface area contributed by atoms with Gasteiger partial charge in [-0.2, -0.15) is 0 Å². The number of carbonyl (C=O) groups is 1. The number of aromatic nitrogens is 3. The van der Waals surface area contributed by atoms with E-state index in [1.54, 1.807) is 25.4 Å². The molecule has 2 fully saturated rings. The minimum absolute atomic E-state index is 0.0114. The van der Waals surface area contributed by atoms with Gasteiger partial charge in [0, 0.05) is 76.0 Å². The van der Waals surface area contributed by atoms with Gasteiger partial charge >= 0.3 is 0 Å². The van der Waals surface area contributed by atoms with Crippen molar-refractivity contribution in [1.29, 1.82) is 4.78 Å². The minimum atomic E-state index is -2.49. The number of ether oxygens (including phenoxy) is 1. The van der Waals surface area contributed by atoms with Crippen LogP contribution in [0.4, 0.5) is 5.95 Å². The van der Waals surface area contributed by atoms with Crippen molar-refractivity contribution in [3.63, 3.8) is 0 Å². The second-order valence-corrected chi connectivity index (χ2v) is 13.9. The molecular formula is C28H33Cl2N7O3S. The summed E-state index contributed by atoms with van der Waals surface area (Å²) in [6.45, 7) is 5.83. The first-order valence-corrected chi connectivity index (χ1v) is 16.2. The Morgan fingerprint density at radius 1 is 1.05 bits per heavy atom. The van der Waals surface area contributed by atoms with E-state index < -0.39 is 9.73 Å². The first kappa shape index (κ1) is 29.5. The predicted octanol–water partition coefficient (Wildman–Crippen LogP) is 4.85. The molecule has 3 aromatic rings. The number of hydrogen-bond acceptors (Lipinski definition) is 9. The van der Waals surface area contributed by atoms with Crippen LogP contribution in [-0.4, -0.2) is 74.2 Å². The summed E-state index contributed by atoms with van der Waals surface area (Å²) >= 11 is 12.6. The molecule has 13 heteroatoms. The lowest BCUT2D eigenvalue weighted by atomic mass is 9.96. The van der Waals surface area contributed by atoms with Gasteiger partial charge in [0.2, 0.25) is 17.7 Å². The van der Waals surface area contributed by atoms with Gasteiger partial charge in [-0.1, -0.05) is 23.2 Å². The van der Waals surface area contributed by atoms with E-state index in [-0.39, 0.29) is 5.91 Å². The summed E-state index contributed by atoms with van der Waals surface area (Å²) in [5.74, 6) is 2.48. The second-order valence-electron chi connectivity index (χ2n) is 10.5. The van der Waals surface area contributed by atoms with Gasteiger partial charge in [-0.3, -0.25) is 14.5 Å². The summed E-state index contributed by atoms with van der Waals surface area (Å²) in [5, 5.41) is 3.97. The lowest BCUT2D eigenvalue weighted by Gasteiger charge is -2.32. The van der Waals surface area contributed by atoms with Gasteiger partial charge in [-0.15, -0.1) is 0 Å². The topological polar surface area (TPSA) is 124 Å². The Hall–Kier alpha value is -2.99.